The van der Waals surface area contributed by atoms with Gasteiger partial charge < -0.3 is 0 Å². The maximum atomic E-state index is 10.6. The van der Waals surface area contributed by atoms with Crippen LogP contribution >= 0.6 is 0 Å². The minimum absolute atomic E-state index is 0.117. The zero-order valence-electron chi connectivity index (χ0n) is 12.7. The third kappa shape index (κ3) is 9.81. The van der Waals surface area contributed by atoms with Crippen LogP contribution < -0.4 is 0 Å². The number of unbranched alkanes of at least 4 members (excludes halogenated alkanes) is 1. The van der Waals surface area contributed by atoms with Gasteiger partial charge in [0.2, 0.25) is 0 Å². The Morgan fingerprint density at radius 2 is 1.76 bits per heavy atom. The van der Waals surface area contributed by atoms with Gasteiger partial charge in [-0.05, 0) is 0 Å². The summed E-state index contributed by atoms with van der Waals surface area (Å²) in [7, 11) is 0. The summed E-state index contributed by atoms with van der Waals surface area (Å²) in [5.74, 6) is 0.278. The molecule has 1 unspecified atom stereocenters. The molecule has 0 saturated carbocycles. The maximum absolute atomic E-state index is 10.6. The van der Waals surface area contributed by atoms with E-state index < -0.39 is 24.0 Å². The fourth-order valence-corrected chi connectivity index (χ4v) is 2.40. The van der Waals surface area contributed by atoms with Crippen molar-refractivity contribution in [2.45, 2.75) is 32.6 Å². The van der Waals surface area contributed by atoms with E-state index in [0.29, 0.717) is 13.2 Å². The SMILES string of the molecule is CCC(CCCCOCC(CO)(CO)CO)C[O][Ti](=[O])[OH]. The molecule has 7 nitrogen and oxygen atoms in total. The Kier molecular flexibility index (Phi) is 12.9. The summed E-state index contributed by atoms with van der Waals surface area (Å²) in [5, 5.41) is 27.4. The van der Waals surface area contributed by atoms with Crippen molar-refractivity contribution in [2.24, 2.45) is 11.3 Å². The number of hydrogen-bond donors (Lipinski definition) is 4. The predicted molar refractivity (Wildman–Crippen MR) is 71.0 cm³/mol. The van der Waals surface area contributed by atoms with Crippen LogP contribution in [0.3, 0.4) is 0 Å². The molecule has 1 atom stereocenters. The molecule has 0 aliphatic carbocycles. The van der Waals surface area contributed by atoms with Crippen molar-refractivity contribution in [1.29, 1.82) is 0 Å². The Morgan fingerprint density at radius 1 is 1.14 bits per heavy atom. The van der Waals surface area contributed by atoms with Gasteiger partial charge >= 0.3 is 133 Å². The van der Waals surface area contributed by atoms with Crippen molar-refractivity contribution in [3.63, 3.8) is 0 Å². The molecular weight excluding hydrogens is 316 g/mol. The first-order chi connectivity index (χ1) is 10.0. The monoisotopic (exact) mass is 344 g/mol. The van der Waals surface area contributed by atoms with Gasteiger partial charge in [0.15, 0.2) is 0 Å². The summed E-state index contributed by atoms with van der Waals surface area (Å²) in [6.07, 6.45) is 3.52. The molecule has 4 N–H and O–H groups in total. The fourth-order valence-electron chi connectivity index (χ4n) is 1.81. The second-order valence-corrected chi connectivity index (χ2v) is 6.66. The molecule has 0 aromatic carbocycles. The number of aliphatic hydroxyl groups excluding tert-OH is 3. The molecule has 0 aromatic heterocycles. The second kappa shape index (κ2) is 12.8. The third-order valence-electron chi connectivity index (χ3n) is 3.59. The molecule has 0 heterocycles. The summed E-state index contributed by atoms with van der Waals surface area (Å²) in [6, 6.07) is 0. The van der Waals surface area contributed by atoms with Crippen molar-refractivity contribution >= 4 is 0 Å². The number of ether oxygens (including phenoxy) is 1. The summed E-state index contributed by atoms with van der Waals surface area (Å²) in [6.45, 7) is 1.98. The molecule has 0 rings (SSSR count). The Labute approximate surface area is 133 Å². The van der Waals surface area contributed by atoms with E-state index in [9.17, 15) is 3.32 Å². The molecule has 0 aliphatic rings. The van der Waals surface area contributed by atoms with Gasteiger partial charge in [-0.1, -0.05) is 0 Å². The van der Waals surface area contributed by atoms with Gasteiger partial charge in [0.1, 0.15) is 0 Å². The molecule has 0 radical (unpaired) electrons. The molecular formula is C13H28O7Ti. The van der Waals surface area contributed by atoms with E-state index in [1.807, 2.05) is 6.92 Å². The molecule has 126 valence electrons. The van der Waals surface area contributed by atoms with Crippen LogP contribution in [0.25, 0.3) is 0 Å². The van der Waals surface area contributed by atoms with Crippen LogP contribution in [-0.2, 0) is 30.0 Å². The van der Waals surface area contributed by atoms with Gasteiger partial charge in [-0.2, -0.15) is 0 Å². The molecule has 0 bridgehead atoms. The van der Waals surface area contributed by atoms with Crippen LogP contribution in [0.2, 0.25) is 0 Å². The average Bonchev–Trinajstić information content (AvgIpc) is 2.50. The van der Waals surface area contributed by atoms with E-state index in [1.165, 1.54) is 0 Å². The van der Waals surface area contributed by atoms with Gasteiger partial charge in [-0.3, -0.25) is 0 Å². The van der Waals surface area contributed by atoms with Crippen LogP contribution in [0.1, 0.15) is 32.6 Å². The van der Waals surface area contributed by atoms with Crippen molar-refractivity contribution < 1.29 is 49.0 Å². The standard InChI is InChI=1S/C13H27O5.H2O.O.Ti/c1-2-12(7-14)5-3-4-6-18-11-13(8-15,9-16)10-17;;;/h12,15-17H,2-11H2,1H3;1H2;;/q-1;;;+2/p-1. The molecule has 0 fully saturated rings. The zero-order chi connectivity index (χ0) is 16.1. The predicted octanol–water partition coefficient (Wildman–Crippen LogP) is -0.0346. The Hall–Kier alpha value is 0.274. The average molecular weight is 344 g/mol. The Balaban J connectivity index is 3.72. The van der Waals surface area contributed by atoms with Crippen molar-refractivity contribution in [3.05, 3.63) is 0 Å². The normalized spacial score (nSPS) is 13.4. The van der Waals surface area contributed by atoms with Crippen LogP contribution in [0, 0.1) is 11.3 Å². The van der Waals surface area contributed by atoms with Crippen molar-refractivity contribution in [2.75, 3.05) is 39.6 Å². The molecule has 0 amide bonds. The molecule has 0 saturated heterocycles. The quantitative estimate of drug-likeness (QED) is 0.258. The molecule has 21 heavy (non-hydrogen) atoms. The number of hydrogen-bond acceptors (Lipinski definition) is 6. The van der Waals surface area contributed by atoms with Gasteiger partial charge in [0.25, 0.3) is 0 Å². The van der Waals surface area contributed by atoms with Crippen LogP contribution in [-0.4, -0.2) is 58.6 Å². The van der Waals surface area contributed by atoms with Crippen molar-refractivity contribution in [3.8, 4) is 0 Å². The topological polar surface area (TPSA) is 116 Å². The van der Waals surface area contributed by atoms with Gasteiger partial charge in [-0.15, -0.1) is 0 Å². The summed E-state index contributed by atoms with van der Waals surface area (Å²) >= 11 is -3.41. The summed E-state index contributed by atoms with van der Waals surface area (Å²) in [4.78, 5) is 0. The van der Waals surface area contributed by atoms with Crippen LogP contribution in [0.5, 0.6) is 0 Å². The molecule has 0 spiro atoms. The van der Waals surface area contributed by atoms with Gasteiger partial charge in [0.05, 0.1) is 0 Å². The fraction of sp³-hybridized carbons (Fsp3) is 1.00. The minimum atomic E-state index is -3.41. The van der Waals surface area contributed by atoms with E-state index in [4.69, 9.17) is 27.1 Å². The Bertz CT molecular complexity index is 263. The van der Waals surface area contributed by atoms with E-state index in [0.717, 1.165) is 25.7 Å². The second-order valence-electron chi connectivity index (χ2n) is 5.37. The number of rotatable bonds is 14. The summed E-state index contributed by atoms with van der Waals surface area (Å²) < 4.78 is 29.5. The van der Waals surface area contributed by atoms with E-state index in [2.05, 4.69) is 0 Å². The number of aliphatic hydroxyl groups is 3. The van der Waals surface area contributed by atoms with E-state index in [1.54, 1.807) is 0 Å². The zero-order valence-corrected chi connectivity index (χ0v) is 14.2. The van der Waals surface area contributed by atoms with Gasteiger partial charge in [-0.25, -0.2) is 0 Å². The first kappa shape index (κ1) is 21.3. The molecule has 8 heteroatoms. The van der Waals surface area contributed by atoms with Crippen molar-refractivity contribution in [1.82, 2.24) is 0 Å². The third-order valence-corrected chi connectivity index (χ3v) is 4.23. The molecule has 0 aromatic rings. The van der Waals surface area contributed by atoms with Crippen LogP contribution in [0.15, 0.2) is 0 Å². The van der Waals surface area contributed by atoms with E-state index in [-0.39, 0.29) is 32.3 Å². The first-order valence-corrected chi connectivity index (χ1v) is 9.27. The molecule has 0 aliphatic heterocycles. The van der Waals surface area contributed by atoms with Gasteiger partial charge in [0, 0.05) is 0 Å². The van der Waals surface area contributed by atoms with Crippen LogP contribution in [0.4, 0.5) is 0 Å². The first-order valence-electron chi connectivity index (χ1n) is 7.29. The summed E-state index contributed by atoms with van der Waals surface area (Å²) in [5.41, 5.74) is -0.977. The van der Waals surface area contributed by atoms with E-state index >= 15 is 0 Å². The Morgan fingerprint density at radius 3 is 2.24 bits per heavy atom.